The number of amides is 1. The maximum absolute atomic E-state index is 11.8. The second kappa shape index (κ2) is 6.13. The van der Waals surface area contributed by atoms with Crippen molar-refractivity contribution in [3.8, 4) is 0 Å². The van der Waals surface area contributed by atoms with E-state index in [0.29, 0.717) is 12.5 Å². The Morgan fingerprint density at radius 3 is 2.67 bits per heavy atom. The summed E-state index contributed by atoms with van der Waals surface area (Å²) in [5.74, 6) is -0.732. The van der Waals surface area contributed by atoms with Crippen LogP contribution in [0.2, 0.25) is 0 Å². The number of aromatic nitrogens is 3. The summed E-state index contributed by atoms with van der Waals surface area (Å²) in [6.45, 7) is 4.87. The third-order valence-corrected chi connectivity index (χ3v) is 2.52. The topological polar surface area (TPSA) is 88.3 Å². The Hall–Kier alpha value is -1.92. The molecule has 0 spiro atoms. The Bertz CT molecular complexity index is 428. The standard InChI is InChI=1S/C11H18N4O3/c1-8(2)4-5-14(3)10(16)7-15-6-9(11(17)18)12-13-15/h6,8H,4-5,7H2,1-3H3,(H,17,18). The summed E-state index contributed by atoms with van der Waals surface area (Å²) in [7, 11) is 1.72. The Labute approximate surface area is 105 Å². The van der Waals surface area contributed by atoms with Crippen LogP contribution in [0.5, 0.6) is 0 Å². The lowest BCUT2D eigenvalue weighted by Gasteiger charge is -2.17. The van der Waals surface area contributed by atoms with E-state index in [-0.39, 0.29) is 18.1 Å². The summed E-state index contributed by atoms with van der Waals surface area (Å²) in [6, 6.07) is 0. The molecule has 0 aliphatic carbocycles. The van der Waals surface area contributed by atoms with E-state index in [2.05, 4.69) is 24.2 Å². The lowest BCUT2D eigenvalue weighted by atomic mass is 10.1. The molecule has 1 aromatic rings. The van der Waals surface area contributed by atoms with Crippen LogP contribution in [0.25, 0.3) is 0 Å². The fourth-order valence-corrected chi connectivity index (χ4v) is 1.31. The molecule has 0 aliphatic rings. The maximum Gasteiger partial charge on any atom is 0.358 e. The summed E-state index contributed by atoms with van der Waals surface area (Å²) in [5.41, 5.74) is -0.160. The molecule has 7 nitrogen and oxygen atoms in total. The smallest absolute Gasteiger partial charge is 0.358 e. The third-order valence-electron chi connectivity index (χ3n) is 2.52. The predicted octanol–water partition coefficient (Wildman–Crippen LogP) is 0.481. The molecule has 0 saturated carbocycles. The molecule has 0 unspecified atom stereocenters. The third kappa shape index (κ3) is 4.15. The molecule has 18 heavy (non-hydrogen) atoms. The van der Waals surface area contributed by atoms with Gasteiger partial charge in [0.05, 0.1) is 6.20 Å². The highest BCUT2D eigenvalue weighted by atomic mass is 16.4. The highest BCUT2D eigenvalue weighted by molar-refractivity contribution is 5.84. The van der Waals surface area contributed by atoms with Gasteiger partial charge in [0.25, 0.3) is 0 Å². The van der Waals surface area contributed by atoms with Crippen molar-refractivity contribution in [3.05, 3.63) is 11.9 Å². The molecule has 0 saturated heterocycles. The van der Waals surface area contributed by atoms with Gasteiger partial charge < -0.3 is 10.0 Å². The second-order valence-corrected chi connectivity index (χ2v) is 4.60. The number of aromatic carboxylic acids is 1. The summed E-state index contributed by atoms with van der Waals surface area (Å²) >= 11 is 0. The van der Waals surface area contributed by atoms with Crippen LogP contribution in [-0.2, 0) is 11.3 Å². The molecule has 0 bridgehead atoms. The first-order valence-corrected chi connectivity index (χ1v) is 5.77. The van der Waals surface area contributed by atoms with Crippen LogP contribution in [0.15, 0.2) is 6.20 Å². The zero-order valence-electron chi connectivity index (χ0n) is 10.8. The van der Waals surface area contributed by atoms with E-state index in [1.54, 1.807) is 11.9 Å². The van der Waals surface area contributed by atoms with Crippen molar-refractivity contribution in [2.45, 2.75) is 26.8 Å². The van der Waals surface area contributed by atoms with Crippen molar-refractivity contribution in [3.63, 3.8) is 0 Å². The Balaban J connectivity index is 2.50. The quantitative estimate of drug-likeness (QED) is 0.797. The van der Waals surface area contributed by atoms with E-state index in [4.69, 9.17) is 5.11 Å². The van der Waals surface area contributed by atoms with Crippen molar-refractivity contribution in [1.82, 2.24) is 19.9 Å². The monoisotopic (exact) mass is 254 g/mol. The van der Waals surface area contributed by atoms with Gasteiger partial charge in [-0.05, 0) is 12.3 Å². The van der Waals surface area contributed by atoms with Crippen LogP contribution >= 0.6 is 0 Å². The summed E-state index contributed by atoms with van der Waals surface area (Å²) in [5, 5.41) is 15.7. The van der Waals surface area contributed by atoms with Gasteiger partial charge in [-0.1, -0.05) is 19.1 Å². The van der Waals surface area contributed by atoms with Gasteiger partial charge in [-0.2, -0.15) is 0 Å². The fourth-order valence-electron chi connectivity index (χ4n) is 1.31. The number of carboxylic acid groups (broad SMARTS) is 1. The van der Waals surface area contributed by atoms with E-state index >= 15 is 0 Å². The molecular weight excluding hydrogens is 236 g/mol. The molecule has 1 N–H and O–H groups in total. The van der Waals surface area contributed by atoms with Gasteiger partial charge in [-0.3, -0.25) is 4.79 Å². The first-order valence-electron chi connectivity index (χ1n) is 5.77. The average molecular weight is 254 g/mol. The van der Waals surface area contributed by atoms with Crippen molar-refractivity contribution < 1.29 is 14.7 Å². The minimum Gasteiger partial charge on any atom is -0.476 e. The van der Waals surface area contributed by atoms with Gasteiger partial charge in [-0.15, -0.1) is 5.10 Å². The highest BCUT2D eigenvalue weighted by Crippen LogP contribution is 2.01. The molecule has 0 aliphatic heterocycles. The Morgan fingerprint density at radius 2 is 2.17 bits per heavy atom. The largest absolute Gasteiger partial charge is 0.476 e. The number of hydrogen-bond donors (Lipinski definition) is 1. The van der Waals surface area contributed by atoms with Crippen molar-refractivity contribution in [1.29, 1.82) is 0 Å². The Kier molecular flexibility index (Phi) is 4.82. The van der Waals surface area contributed by atoms with Crippen LogP contribution in [0.4, 0.5) is 0 Å². The average Bonchev–Trinajstić information content (AvgIpc) is 2.74. The van der Waals surface area contributed by atoms with Crippen LogP contribution < -0.4 is 0 Å². The van der Waals surface area contributed by atoms with Crippen molar-refractivity contribution in [2.24, 2.45) is 5.92 Å². The molecule has 1 amide bonds. The number of rotatable bonds is 6. The molecule has 1 rings (SSSR count). The molecule has 100 valence electrons. The number of carbonyl (C=O) groups excluding carboxylic acids is 1. The van der Waals surface area contributed by atoms with Crippen LogP contribution in [-0.4, -0.2) is 50.5 Å². The highest BCUT2D eigenvalue weighted by Gasteiger charge is 2.13. The number of likely N-dealkylation sites (N-methyl/N-ethyl adjacent to an activating group) is 1. The van der Waals surface area contributed by atoms with E-state index in [0.717, 1.165) is 6.42 Å². The van der Waals surface area contributed by atoms with Gasteiger partial charge in [0.15, 0.2) is 5.69 Å². The van der Waals surface area contributed by atoms with Crippen LogP contribution in [0.1, 0.15) is 30.8 Å². The fraction of sp³-hybridized carbons (Fsp3) is 0.636. The molecule has 7 heteroatoms. The first-order chi connectivity index (χ1) is 8.40. The van der Waals surface area contributed by atoms with Gasteiger partial charge >= 0.3 is 5.97 Å². The van der Waals surface area contributed by atoms with E-state index in [9.17, 15) is 9.59 Å². The van der Waals surface area contributed by atoms with Gasteiger partial charge in [0.1, 0.15) is 6.54 Å². The second-order valence-electron chi connectivity index (χ2n) is 4.60. The Morgan fingerprint density at radius 1 is 1.50 bits per heavy atom. The summed E-state index contributed by atoms with van der Waals surface area (Å²) in [6.07, 6.45) is 2.18. The predicted molar refractivity (Wildman–Crippen MR) is 64.1 cm³/mol. The molecule has 1 heterocycles. The molecule has 1 aromatic heterocycles. The van der Waals surface area contributed by atoms with E-state index < -0.39 is 5.97 Å². The molecule has 0 aromatic carbocycles. The zero-order valence-corrected chi connectivity index (χ0v) is 10.8. The van der Waals surface area contributed by atoms with Gasteiger partial charge in [-0.25, -0.2) is 9.48 Å². The number of carbonyl (C=O) groups is 2. The summed E-state index contributed by atoms with van der Waals surface area (Å²) < 4.78 is 1.23. The molecule has 0 atom stereocenters. The first kappa shape index (κ1) is 14.1. The molecule has 0 fully saturated rings. The van der Waals surface area contributed by atoms with Gasteiger partial charge in [0.2, 0.25) is 5.91 Å². The molecular formula is C11H18N4O3. The number of nitrogens with zero attached hydrogens (tertiary/aromatic N) is 4. The number of hydrogen-bond acceptors (Lipinski definition) is 4. The van der Waals surface area contributed by atoms with Crippen LogP contribution in [0, 0.1) is 5.92 Å². The number of carboxylic acids is 1. The SMILES string of the molecule is CC(C)CCN(C)C(=O)Cn1cc(C(=O)O)nn1. The molecule has 0 radical (unpaired) electrons. The lowest BCUT2D eigenvalue weighted by molar-refractivity contribution is -0.130. The lowest BCUT2D eigenvalue weighted by Crippen LogP contribution is -2.31. The minimum atomic E-state index is -1.15. The zero-order chi connectivity index (χ0) is 13.7. The maximum atomic E-state index is 11.8. The van der Waals surface area contributed by atoms with Crippen molar-refractivity contribution in [2.75, 3.05) is 13.6 Å². The normalized spacial score (nSPS) is 10.7. The minimum absolute atomic E-state index is 0.00880. The van der Waals surface area contributed by atoms with E-state index in [1.807, 2.05) is 0 Å². The van der Waals surface area contributed by atoms with E-state index in [1.165, 1.54) is 10.9 Å². The van der Waals surface area contributed by atoms with Crippen LogP contribution in [0.3, 0.4) is 0 Å². The van der Waals surface area contributed by atoms with Gasteiger partial charge in [0, 0.05) is 13.6 Å². The summed E-state index contributed by atoms with van der Waals surface area (Å²) in [4.78, 5) is 24.0. The van der Waals surface area contributed by atoms with Crippen molar-refractivity contribution >= 4 is 11.9 Å².